The molecule has 1 aliphatic rings. The Morgan fingerprint density at radius 1 is 0.186 bits per heavy atom. The van der Waals surface area contributed by atoms with Crippen molar-refractivity contribution in [2.24, 2.45) is 0 Å². The fourth-order valence-electron chi connectivity index (χ4n) is 11.7. The lowest BCUT2D eigenvalue weighted by Gasteiger charge is -2.40. The fourth-order valence-corrected chi connectivity index (χ4v) is 11.7. The highest BCUT2D eigenvalue weighted by Crippen LogP contribution is 2.59. The van der Waals surface area contributed by atoms with Crippen molar-refractivity contribution in [2.45, 2.75) is 0 Å². The molecule has 1 aliphatic heterocycles. The van der Waals surface area contributed by atoms with Crippen LogP contribution in [0.1, 0.15) is 0 Å². The van der Waals surface area contributed by atoms with Gasteiger partial charge in [0.1, 0.15) is 0 Å². The summed E-state index contributed by atoms with van der Waals surface area (Å²) in [7, 11) is 0. The molecule has 0 fully saturated rings. The molecule has 0 saturated heterocycles. The van der Waals surface area contributed by atoms with Gasteiger partial charge in [0.15, 0.2) is 11.6 Å². The first kappa shape index (κ1) is 51.2. The minimum atomic E-state index is 0.540. The molecular weight excluding hydrogens is 1050 g/mol. The van der Waals surface area contributed by atoms with Gasteiger partial charge in [0.25, 0.3) is 0 Å². The molecule has 0 saturated carbocycles. The summed E-state index contributed by atoms with van der Waals surface area (Å²) in [5, 5.41) is 0. The van der Waals surface area contributed by atoms with E-state index in [0.717, 1.165) is 129 Å². The predicted molar refractivity (Wildman–Crippen MR) is 350 cm³/mol. The van der Waals surface area contributed by atoms with E-state index in [0.29, 0.717) is 17.6 Å². The summed E-state index contributed by atoms with van der Waals surface area (Å²) in [5.74, 6) is 1.74. The molecule has 0 radical (unpaired) electrons. The number of anilines is 6. The van der Waals surface area contributed by atoms with Crippen LogP contribution in [0.2, 0.25) is 0 Å². The molecule has 0 spiro atoms. The lowest BCUT2D eigenvalue weighted by molar-refractivity contribution is 1.06. The largest absolute Gasteiger partial charge is 0.306 e. The number of benzene rings is 11. The van der Waals surface area contributed by atoms with Crippen molar-refractivity contribution in [3.63, 3.8) is 0 Å². The Kier molecular flexibility index (Phi) is 13.4. The second-order valence-electron chi connectivity index (χ2n) is 21.0. The molecule has 11 aromatic carbocycles. The van der Waals surface area contributed by atoms with Gasteiger partial charge in [-0.25, -0.2) is 29.9 Å². The highest BCUT2D eigenvalue weighted by atomic mass is 15.3. The van der Waals surface area contributed by atoms with Crippen LogP contribution in [0.5, 0.6) is 0 Å². The summed E-state index contributed by atoms with van der Waals surface area (Å²) in [5.41, 5.74) is 20.5. The topological polar surface area (TPSA) is 83.8 Å². The van der Waals surface area contributed by atoms with Crippen LogP contribution in [0.4, 0.5) is 34.4 Å². The zero-order valence-electron chi connectivity index (χ0n) is 46.6. The van der Waals surface area contributed by atoms with Crippen molar-refractivity contribution in [1.29, 1.82) is 0 Å². The van der Waals surface area contributed by atoms with Gasteiger partial charge in [-0.1, -0.05) is 267 Å². The van der Waals surface area contributed by atoms with Gasteiger partial charge in [-0.2, -0.15) is 0 Å². The molecule has 15 rings (SSSR count). The summed E-state index contributed by atoms with van der Waals surface area (Å²) in [6, 6.07) is 109. The Morgan fingerprint density at radius 2 is 0.465 bits per heavy atom. The number of hydrogen-bond acceptors (Lipinski definition) is 8. The number of aromatic nitrogens is 6. The quantitative estimate of drug-likeness (QED) is 0.120. The van der Waals surface area contributed by atoms with Crippen LogP contribution in [-0.4, -0.2) is 29.9 Å². The predicted octanol–water partition coefficient (Wildman–Crippen LogP) is 20.0. The molecule has 0 unspecified atom stereocenters. The molecule has 0 bridgehead atoms. The molecule has 8 nitrogen and oxygen atoms in total. The Bertz CT molecular complexity index is 4510. The van der Waals surface area contributed by atoms with Crippen molar-refractivity contribution in [3.05, 3.63) is 315 Å². The van der Waals surface area contributed by atoms with Crippen molar-refractivity contribution < 1.29 is 0 Å². The van der Waals surface area contributed by atoms with E-state index in [1.54, 1.807) is 0 Å². The maximum Gasteiger partial charge on any atom is 0.235 e. The Labute approximate surface area is 499 Å². The summed E-state index contributed by atoms with van der Waals surface area (Å²) in [6.07, 6.45) is 0. The van der Waals surface area contributed by atoms with Crippen LogP contribution in [0.3, 0.4) is 0 Å². The maximum atomic E-state index is 5.76. The highest BCUT2D eigenvalue weighted by molar-refractivity contribution is 6.11. The van der Waals surface area contributed by atoms with E-state index < -0.39 is 0 Å². The van der Waals surface area contributed by atoms with E-state index in [4.69, 9.17) is 29.9 Å². The fraction of sp³-hybridized carbons (Fsp3) is 0. The summed E-state index contributed by atoms with van der Waals surface area (Å²) in [6.45, 7) is 0. The third kappa shape index (κ3) is 9.72. The second kappa shape index (κ2) is 22.5. The van der Waals surface area contributed by atoms with Gasteiger partial charge in [-0.15, -0.1) is 0 Å². The number of rotatable bonds is 12. The highest BCUT2D eigenvalue weighted by Gasteiger charge is 2.36. The van der Waals surface area contributed by atoms with Crippen LogP contribution in [0.15, 0.2) is 315 Å². The lowest BCUT2D eigenvalue weighted by Crippen LogP contribution is -2.26. The molecule has 404 valence electrons. The average molecular weight is 1100 g/mol. The first-order valence-electron chi connectivity index (χ1n) is 28.8. The molecule has 0 amide bonds. The first-order chi connectivity index (χ1) is 42.7. The zero-order chi connectivity index (χ0) is 57.2. The van der Waals surface area contributed by atoms with E-state index in [9.17, 15) is 0 Å². The molecule has 86 heavy (non-hydrogen) atoms. The smallest absolute Gasteiger partial charge is 0.235 e. The molecule has 0 atom stereocenters. The third-order valence-corrected chi connectivity index (χ3v) is 15.6. The summed E-state index contributed by atoms with van der Waals surface area (Å²) < 4.78 is 0. The van der Waals surface area contributed by atoms with Crippen molar-refractivity contribution >= 4 is 34.4 Å². The first-order valence-corrected chi connectivity index (χ1v) is 28.8. The van der Waals surface area contributed by atoms with Gasteiger partial charge < -0.3 is 4.90 Å². The van der Waals surface area contributed by atoms with E-state index in [2.05, 4.69) is 265 Å². The van der Waals surface area contributed by atoms with Crippen LogP contribution in [-0.2, 0) is 0 Å². The number of para-hydroxylation sites is 4. The van der Waals surface area contributed by atoms with E-state index in [1.807, 2.05) is 60.7 Å². The number of fused-ring (bicyclic) bond motifs is 2. The molecular formula is C78H52N8. The Hall–Kier alpha value is -11.7. The Morgan fingerprint density at radius 3 is 0.849 bits per heavy atom. The normalized spacial score (nSPS) is 11.7. The summed E-state index contributed by atoms with van der Waals surface area (Å²) >= 11 is 0. The number of hydrogen-bond donors (Lipinski definition) is 0. The summed E-state index contributed by atoms with van der Waals surface area (Å²) in [4.78, 5) is 37.7. The van der Waals surface area contributed by atoms with E-state index in [-0.39, 0.29) is 0 Å². The molecule has 14 aromatic rings. The van der Waals surface area contributed by atoms with Gasteiger partial charge in [-0.3, -0.25) is 4.90 Å². The molecule has 0 N–H and O–H groups in total. The van der Waals surface area contributed by atoms with Crippen LogP contribution in [0, 0.1) is 0 Å². The second-order valence-corrected chi connectivity index (χ2v) is 21.0. The zero-order valence-corrected chi connectivity index (χ0v) is 46.6. The van der Waals surface area contributed by atoms with E-state index in [1.165, 1.54) is 0 Å². The SMILES string of the molecule is c1ccc(-c2cc(-c3c(-c4ccccc4)cc(N4c5ccccc5N(c5nc(-c6ccccc6)cc(-c6ccccc6)n5)c5ccccc54)c(-c4cc(-c5ccccc5)nc(-c5ccccc5)n4)c3-c3ccccc3)nc(-c3ccccc3)n2)cc1. The monoisotopic (exact) mass is 1100 g/mol. The van der Waals surface area contributed by atoms with Crippen LogP contribution >= 0.6 is 0 Å². The molecule has 3 aromatic heterocycles. The molecule has 4 heterocycles. The van der Waals surface area contributed by atoms with Gasteiger partial charge in [-0.05, 0) is 65.2 Å². The Balaban J connectivity index is 1.09. The van der Waals surface area contributed by atoms with Crippen molar-refractivity contribution in [2.75, 3.05) is 9.80 Å². The maximum absolute atomic E-state index is 5.76. The lowest BCUT2D eigenvalue weighted by atomic mass is 9.83. The van der Waals surface area contributed by atoms with Crippen LogP contribution < -0.4 is 9.80 Å². The van der Waals surface area contributed by atoms with Crippen LogP contribution in [0.25, 0.3) is 113 Å². The minimum absolute atomic E-state index is 0.540. The van der Waals surface area contributed by atoms with Gasteiger partial charge in [0.2, 0.25) is 5.95 Å². The average Bonchev–Trinajstić information content (AvgIpc) is 0.832. The van der Waals surface area contributed by atoms with Crippen molar-refractivity contribution in [1.82, 2.24) is 29.9 Å². The standard InChI is InChI=1S/C78H52N8/c1-9-29-53(30-10-1)61-49-72(85-68-45-25-27-47-70(68)86(71-48-28-26-46-69(71)85)78-83-64(56-35-15-4-16-36-56)50-65(84-78)57-37-17-5-18-38-57)75(67-52-63(55-33-13-3-14-34-55)80-77(82-67)60-43-23-8-24-44-60)73(58-39-19-6-20-40-58)74(61)66-51-62(54-31-11-2-12-32-54)79-76(81-66)59-41-21-7-22-42-59/h1-52H. The molecule has 0 aliphatic carbocycles. The number of nitrogens with zero attached hydrogens (tertiary/aromatic N) is 8. The van der Waals surface area contributed by atoms with Gasteiger partial charge in [0.05, 0.1) is 62.6 Å². The minimum Gasteiger partial charge on any atom is -0.306 e. The van der Waals surface area contributed by atoms with Crippen molar-refractivity contribution in [3.8, 4) is 113 Å². The molecule has 8 heteroatoms. The third-order valence-electron chi connectivity index (χ3n) is 15.6. The van der Waals surface area contributed by atoms with Gasteiger partial charge >= 0.3 is 0 Å². The van der Waals surface area contributed by atoms with Gasteiger partial charge in [0, 0.05) is 50.1 Å². The van der Waals surface area contributed by atoms with E-state index >= 15 is 0 Å².